The van der Waals surface area contributed by atoms with Crippen molar-refractivity contribution in [3.8, 4) is 5.88 Å². The van der Waals surface area contributed by atoms with E-state index in [1.807, 2.05) is 44.2 Å². The summed E-state index contributed by atoms with van der Waals surface area (Å²) in [6, 6.07) is 11.8. The molecule has 106 valence electrons. The summed E-state index contributed by atoms with van der Waals surface area (Å²) in [5.41, 5.74) is 6.60. The number of nitrogens with one attached hydrogen (secondary N) is 1. The lowest BCUT2D eigenvalue weighted by Gasteiger charge is -2.30. The fraction of sp³-hybridized carbons (Fsp3) is 0.333. The van der Waals surface area contributed by atoms with Gasteiger partial charge in [0, 0.05) is 18.8 Å². The summed E-state index contributed by atoms with van der Waals surface area (Å²) >= 11 is 0. The third-order valence-corrected chi connectivity index (χ3v) is 3.13. The van der Waals surface area contributed by atoms with Crippen molar-refractivity contribution >= 4 is 5.95 Å². The topological polar surface area (TPSA) is 73.1 Å². The number of ether oxygens (including phenoxy) is 1. The van der Waals surface area contributed by atoms with Crippen molar-refractivity contribution in [2.45, 2.75) is 19.4 Å². The molecule has 0 aliphatic carbocycles. The molecule has 0 saturated carbocycles. The lowest BCUT2D eigenvalue weighted by molar-refractivity contribution is 0.326. The van der Waals surface area contributed by atoms with E-state index < -0.39 is 5.54 Å². The van der Waals surface area contributed by atoms with Gasteiger partial charge in [-0.05, 0) is 19.4 Å². The van der Waals surface area contributed by atoms with Gasteiger partial charge < -0.3 is 15.8 Å². The number of nitrogens with two attached hydrogens (primary N) is 1. The normalized spacial score (nSPS) is 13.6. The van der Waals surface area contributed by atoms with Gasteiger partial charge in [-0.2, -0.15) is 4.98 Å². The predicted octanol–water partition coefficient (Wildman–Crippen LogP) is 2.16. The Bertz CT molecular complexity index is 547. The molecule has 0 saturated heterocycles. The van der Waals surface area contributed by atoms with Gasteiger partial charge >= 0.3 is 0 Å². The van der Waals surface area contributed by atoms with E-state index >= 15 is 0 Å². The summed E-state index contributed by atoms with van der Waals surface area (Å²) in [7, 11) is 0. The molecule has 0 fully saturated rings. The van der Waals surface area contributed by atoms with E-state index in [0.717, 1.165) is 5.56 Å². The Morgan fingerprint density at radius 2 is 2.00 bits per heavy atom. The molecule has 1 aromatic carbocycles. The molecule has 5 nitrogen and oxygen atoms in total. The van der Waals surface area contributed by atoms with Crippen LogP contribution in [0.3, 0.4) is 0 Å². The van der Waals surface area contributed by atoms with Crippen LogP contribution in [0, 0.1) is 0 Å². The molecule has 3 N–H and O–H groups in total. The molecule has 1 atom stereocenters. The fourth-order valence-electron chi connectivity index (χ4n) is 1.92. The zero-order chi connectivity index (χ0) is 14.4. The van der Waals surface area contributed by atoms with Crippen LogP contribution in [0.5, 0.6) is 5.88 Å². The predicted molar refractivity (Wildman–Crippen MR) is 79.7 cm³/mol. The van der Waals surface area contributed by atoms with Crippen molar-refractivity contribution in [2.75, 3.05) is 18.5 Å². The Kier molecular flexibility index (Phi) is 4.53. The maximum atomic E-state index is 5.93. The van der Waals surface area contributed by atoms with E-state index in [-0.39, 0.29) is 0 Å². The number of benzene rings is 1. The molecule has 2 aromatic rings. The smallest absolute Gasteiger partial charge is 0.226 e. The number of rotatable bonds is 6. The number of aromatic nitrogens is 2. The van der Waals surface area contributed by atoms with Crippen LogP contribution < -0.4 is 15.8 Å². The van der Waals surface area contributed by atoms with Gasteiger partial charge in [-0.1, -0.05) is 30.3 Å². The highest BCUT2D eigenvalue weighted by molar-refractivity contribution is 5.38. The van der Waals surface area contributed by atoms with E-state index in [0.29, 0.717) is 25.0 Å². The van der Waals surface area contributed by atoms with Gasteiger partial charge in [-0.3, -0.25) is 0 Å². The molecule has 1 unspecified atom stereocenters. The summed E-state index contributed by atoms with van der Waals surface area (Å²) in [6.07, 6.45) is 1.67. The molecule has 0 aliphatic heterocycles. The molecule has 2 rings (SSSR count). The Morgan fingerprint density at radius 3 is 2.65 bits per heavy atom. The van der Waals surface area contributed by atoms with Gasteiger partial charge in [-0.25, -0.2) is 4.98 Å². The standard InChI is InChI=1S/C15H20N4O/c1-3-20-13-9-10-17-14(18-13)19-15(2,11-16)12-7-5-4-6-8-12/h4-10H,3,11,16H2,1-2H3,(H,17,18,19). The zero-order valence-electron chi connectivity index (χ0n) is 11.8. The molecule has 0 bridgehead atoms. The maximum absolute atomic E-state index is 5.93. The molecule has 1 heterocycles. The minimum atomic E-state index is -0.425. The average Bonchev–Trinajstić information content (AvgIpc) is 2.49. The first kappa shape index (κ1) is 14.3. The molecule has 20 heavy (non-hydrogen) atoms. The zero-order valence-corrected chi connectivity index (χ0v) is 11.8. The maximum Gasteiger partial charge on any atom is 0.226 e. The van der Waals surface area contributed by atoms with Crippen LogP contribution in [0.4, 0.5) is 5.95 Å². The number of hydrogen-bond acceptors (Lipinski definition) is 5. The number of hydrogen-bond donors (Lipinski definition) is 2. The monoisotopic (exact) mass is 272 g/mol. The van der Waals surface area contributed by atoms with Gasteiger partial charge in [0.05, 0.1) is 12.1 Å². The fourth-order valence-corrected chi connectivity index (χ4v) is 1.92. The van der Waals surface area contributed by atoms with Gasteiger partial charge in [-0.15, -0.1) is 0 Å². The van der Waals surface area contributed by atoms with E-state index in [2.05, 4.69) is 15.3 Å². The van der Waals surface area contributed by atoms with Crippen LogP contribution in [-0.4, -0.2) is 23.1 Å². The highest BCUT2D eigenvalue weighted by atomic mass is 16.5. The van der Waals surface area contributed by atoms with E-state index in [9.17, 15) is 0 Å². The van der Waals surface area contributed by atoms with Crippen molar-refractivity contribution in [3.05, 3.63) is 48.2 Å². The van der Waals surface area contributed by atoms with Crippen LogP contribution >= 0.6 is 0 Å². The van der Waals surface area contributed by atoms with Crippen molar-refractivity contribution in [2.24, 2.45) is 5.73 Å². The highest BCUT2D eigenvalue weighted by Crippen LogP contribution is 2.23. The van der Waals surface area contributed by atoms with Gasteiger partial charge in [0.15, 0.2) is 0 Å². The molecule has 0 amide bonds. The van der Waals surface area contributed by atoms with Crippen molar-refractivity contribution in [3.63, 3.8) is 0 Å². The molecule has 5 heteroatoms. The second-order valence-electron chi connectivity index (χ2n) is 4.68. The average molecular weight is 272 g/mol. The Hall–Kier alpha value is -2.14. The third kappa shape index (κ3) is 3.24. The van der Waals surface area contributed by atoms with Crippen LogP contribution in [0.15, 0.2) is 42.6 Å². The second-order valence-corrected chi connectivity index (χ2v) is 4.68. The molecule has 0 spiro atoms. The van der Waals surface area contributed by atoms with Crippen LogP contribution in [0.2, 0.25) is 0 Å². The van der Waals surface area contributed by atoms with E-state index in [1.54, 1.807) is 12.3 Å². The summed E-state index contributed by atoms with van der Waals surface area (Å²) in [5.74, 6) is 1.06. The SMILES string of the molecule is CCOc1ccnc(NC(C)(CN)c2ccccc2)n1. The number of anilines is 1. The summed E-state index contributed by atoms with van der Waals surface area (Å²) in [6.45, 7) is 4.95. The molecule has 0 aliphatic rings. The molecular weight excluding hydrogens is 252 g/mol. The summed E-state index contributed by atoms with van der Waals surface area (Å²) in [4.78, 5) is 8.54. The first-order valence-corrected chi connectivity index (χ1v) is 6.67. The van der Waals surface area contributed by atoms with E-state index in [4.69, 9.17) is 10.5 Å². The second kappa shape index (κ2) is 6.34. The van der Waals surface area contributed by atoms with Crippen LogP contribution in [0.25, 0.3) is 0 Å². The van der Waals surface area contributed by atoms with Crippen LogP contribution in [0.1, 0.15) is 19.4 Å². The van der Waals surface area contributed by atoms with Crippen molar-refractivity contribution < 1.29 is 4.74 Å². The quantitative estimate of drug-likeness (QED) is 0.843. The first-order valence-electron chi connectivity index (χ1n) is 6.67. The largest absolute Gasteiger partial charge is 0.478 e. The van der Waals surface area contributed by atoms with Gasteiger partial charge in [0.25, 0.3) is 0 Å². The summed E-state index contributed by atoms with van der Waals surface area (Å²) < 4.78 is 5.38. The lowest BCUT2D eigenvalue weighted by Crippen LogP contribution is -2.40. The third-order valence-electron chi connectivity index (χ3n) is 3.13. The Balaban J connectivity index is 2.24. The first-order chi connectivity index (χ1) is 9.68. The Labute approximate surface area is 119 Å². The Morgan fingerprint density at radius 1 is 1.25 bits per heavy atom. The highest BCUT2D eigenvalue weighted by Gasteiger charge is 2.25. The van der Waals surface area contributed by atoms with Crippen LogP contribution in [-0.2, 0) is 5.54 Å². The van der Waals surface area contributed by atoms with Crippen molar-refractivity contribution in [1.29, 1.82) is 0 Å². The van der Waals surface area contributed by atoms with Crippen molar-refractivity contribution in [1.82, 2.24) is 9.97 Å². The molecule has 1 aromatic heterocycles. The molecule has 0 radical (unpaired) electrons. The van der Waals surface area contributed by atoms with Gasteiger partial charge in [0.1, 0.15) is 0 Å². The minimum Gasteiger partial charge on any atom is -0.478 e. The number of nitrogens with zero attached hydrogens (tertiary/aromatic N) is 2. The summed E-state index contributed by atoms with van der Waals surface area (Å²) in [5, 5.41) is 3.29. The van der Waals surface area contributed by atoms with Gasteiger partial charge in [0.2, 0.25) is 11.8 Å². The minimum absolute atomic E-state index is 0.425. The lowest BCUT2D eigenvalue weighted by atomic mass is 9.92. The van der Waals surface area contributed by atoms with E-state index in [1.165, 1.54) is 0 Å². The molecular formula is C15H20N4O.